The lowest BCUT2D eigenvalue weighted by molar-refractivity contribution is -0.140. The maximum Gasteiger partial charge on any atom is 0.419 e. The van der Waals surface area contributed by atoms with Gasteiger partial charge in [-0.2, -0.15) is 13.2 Å². The summed E-state index contributed by atoms with van der Waals surface area (Å²) in [4.78, 5) is 22.0. The molecule has 1 aromatic carbocycles. The quantitative estimate of drug-likeness (QED) is 0.428. The average molecular weight is 291 g/mol. The molecule has 1 rings (SSSR count). The standard InChI is InChI=1S/C11H12F3N3O3/c1-5(10(19)17-16)20-8-3-2-6(9(15)18)4-7(8)11(12,13)14/h2-5H,16H2,1H3,(H2,15,18)(H,17,19). The van der Waals surface area contributed by atoms with Crippen LogP contribution < -0.4 is 21.7 Å². The molecule has 0 saturated carbocycles. The molecule has 1 aromatic rings. The van der Waals surface area contributed by atoms with Crippen LogP contribution in [0, 0.1) is 0 Å². The molecule has 5 N–H and O–H groups in total. The molecular formula is C11H12F3N3O3. The summed E-state index contributed by atoms with van der Waals surface area (Å²) >= 11 is 0. The van der Waals surface area contributed by atoms with Gasteiger partial charge in [0, 0.05) is 5.56 Å². The van der Waals surface area contributed by atoms with Crippen LogP contribution in [-0.2, 0) is 11.0 Å². The second-order valence-corrected chi connectivity index (χ2v) is 3.84. The van der Waals surface area contributed by atoms with E-state index in [0.29, 0.717) is 6.07 Å². The number of benzene rings is 1. The van der Waals surface area contributed by atoms with Crippen LogP contribution in [0.5, 0.6) is 5.75 Å². The Morgan fingerprint density at radius 3 is 2.40 bits per heavy atom. The number of nitrogens with two attached hydrogens (primary N) is 2. The summed E-state index contributed by atoms with van der Waals surface area (Å²) in [6.07, 6.45) is -6.00. The van der Waals surface area contributed by atoms with Gasteiger partial charge in [0.25, 0.3) is 5.91 Å². The van der Waals surface area contributed by atoms with Crippen molar-refractivity contribution in [2.24, 2.45) is 11.6 Å². The third kappa shape index (κ3) is 3.60. The number of hydrogen-bond acceptors (Lipinski definition) is 4. The number of nitrogens with one attached hydrogen (secondary N) is 1. The molecule has 0 aliphatic carbocycles. The topological polar surface area (TPSA) is 107 Å². The van der Waals surface area contributed by atoms with Gasteiger partial charge in [0.1, 0.15) is 5.75 Å². The molecule has 0 saturated heterocycles. The van der Waals surface area contributed by atoms with E-state index < -0.39 is 35.4 Å². The zero-order chi connectivity index (χ0) is 15.5. The first-order valence-corrected chi connectivity index (χ1v) is 5.35. The number of amides is 2. The van der Waals surface area contributed by atoms with Crippen LogP contribution >= 0.6 is 0 Å². The predicted molar refractivity (Wildman–Crippen MR) is 62.4 cm³/mol. The first kappa shape index (κ1) is 15.8. The summed E-state index contributed by atoms with van der Waals surface area (Å²) in [6, 6.07) is 2.55. The first-order valence-electron chi connectivity index (χ1n) is 5.35. The van der Waals surface area contributed by atoms with Gasteiger partial charge in [-0.25, -0.2) is 5.84 Å². The van der Waals surface area contributed by atoms with E-state index in [2.05, 4.69) is 0 Å². The van der Waals surface area contributed by atoms with E-state index in [1.165, 1.54) is 6.92 Å². The number of halogens is 3. The molecule has 6 nitrogen and oxygen atoms in total. The largest absolute Gasteiger partial charge is 0.480 e. The molecule has 0 radical (unpaired) electrons. The van der Waals surface area contributed by atoms with Crippen LogP contribution in [0.15, 0.2) is 18.2 Å². The van der Waals surface area contributed by atoms with Crippen molar-refractivity contribution >= 4 is 11.8 Å². The fraction of sp³-hybridized carbons (Fsp3) is 0.273. The minimum absolute atomic E-state index is 0.319. The predicted octanol–water partition coefficient (Wildman–Crippen LogP) is 0.562. The summed E-state index contributed by atoms with van der Waals surface area (Å²) in [5.74, 6) is 2.45. The highest BCUT2D eigenvalue weighted by atomic mass is 19.4. The molecule has 1 unspecified atom stereocenters. The highest BCUT2D eigenvalue weighted by Crippen LogP contribution is 2.37. The van der Waals surface area contributed by atoms with Crippen molar-refractivity contribution < 1.29 is 27.5 Å². The van der Waals surface area contributed by atoms with E-state index >= 15 is 0 Å². The average Bonchev–Trinajstić information content (AvgIpc) is 2.36. The Balaban J connectivity index is 3.19. The maximum atomic E-state index is 12.9. The van der Waals surface area contributed by atoms with Crippen LogP contribution in [-0.4, -0.2) is 17.9 Å². The molecule has 2 amide bonds. The van der Waals surface area contributed by atoms with Crippen molar-refractivity contribution in [1.82, 2.24) is 5.43 Å². The molecule has 110 valence electrons. The summed E-state index contributed by atoms with van der Waals surface area (Å²) < 4.78 is 43.5. The molecule has 0 bridgehead atoms. The van der Waals surface area contributed by atoms with Gasteiger partial charge in [-0.1, -0.05) is 0 Å². The van der Waals surface area contributed by atoms with Crippen molar-refractivity contribution in [3.05, 3.63) is 29.3 Å². The molecule has 0 aromatic heterocycles. The fourth-order valence-corrected chi connectivity index (χ4v) is 1.37. The van der Waals surface area contributed by atoms with Crippen LogP contribution in [0.2, 0.25) is 0 Å². The van der Waals surface area contributed by atoms with Crippen LogP contribution in [0.25, 0.3) is 0 Å². The summed E-state index contributed by atoms with van der Waals surface area (Å²) in [7, 11) is 0. The fourth-order valence-electron chi connectivity index (χ4n) is 1.37. The van der Waals surface area contributed by atoms with Gasteiger partial charge in [-0.3, -0.25) is 15.0 Å². The number of carbonyl (C=O) groups is 2. The Kier molecular flexibility index (Phi) is 4.56. The maximum absolute atomic E-state index is 12.9. The van der Waals surface area contributed by atoms with Crippen molar-refractivity contribution in [3.63, 3.8) is 0 Å². The molecule has 20 heavy (non-hydrogen) atoms. The molecule has 1 atom stereocenters. The van der Waals surface area contributed by atoms with Crippen LogP contribution in [0.3, 0.4) is 0 Å². The number of hydrogen-bond donors (Lipinski definition) is 3. The normalized spacial score (nSPS) is 12.7. The Morgan fingerprint density at radius 2 is 1.95 bits per heavy atom. The summed E-state index contributed by atoms with van der Waals surface area (Å²) in [5, 5.41) is 0. The van der Waals surface area contributed by atoms with E-state index in [-0.39, 0.29) is 5.56 Å². The Labute approximate surface area is 111 Å². The van der Waals surface area contributed by atoms with E-state index in [4.69, 9.17) is 16.3 Å². The summed E-state index contributed by atoms with van der Waals surface area (Å²) in [6.45, 7) is 1.23. The van der Waals surface area contributed by atoms with Gasteiger partial charge < -0.3 is 10.5 Å². The minimum atomic E-state index is -4.76. The molecule has 0 aliphatic heterocycles. The summed E-state index contributed by atoms with van der Waals surface area (Å²) in [5.41, 5.74) is 5.15. The van der Waals surface area contributed by atoms with Crippen molar-refractivity contribution in [3.8, 4) is 5.75 Å². The number of alkyl halides is 3. The number of hydrazine groups is 1. The number of carbonyl (C=O) groups excluding carboxylic acids is 2. The third-order valence-corrected chi connectivity index (χ3v) is 2.38. The Hall–Kier alpha value is -2.29. The lowest BCUT2D eigenvalue weighted by atomic mass is 10.1. The second kappa shape index (κ2) is 5.78. The minimum Gasteiger partial charge on any atom is -0.480 e. The SMILES string of the molecule is CC(Oc1ccc(C(N)=O)cc1C(F)(F)F)C(=O)NN. The smallest absolute Gasteiger partial charge is 0.419 e. The van der Waals surface area contributed by atoms with E-state index in [0.717, 1.165) is 12.1 Å². The van der Waals surface area contributed by atoms with Gasteiger partial charge in [0.15, 0.2) is 6.10 Å². The highest BCUT2D eigenvalue weighted by Gasteiger charge is 2.35. The number of ether oxygens (including phenoxy) is 1. The van der Waals surface area contributed by atoms with Gasteiger partial charge in [0.05, 0.1) is 5.56 Å². The second-order valence-electron chi connectivity index (χ2n) is 3.84. The lowest BCUT2D eigenvalue weighted by Gasteiger charge is -2.18. The molecule has 0 spiro atoms. The Morgan fingerprint density at radius 1 is 1.35 bits per heavy atom. The highest BCUT2D eigenvalue weighted by molar-refractivity contribution is 5.93. The van der Waals surface area contributed by atoms with E-state index in [9.17, 15) is 22.8 Å². The van der Waals surface area contributed by atoms with Crippen molar-refractivity contribution in [1.29, 1.82) is 0 Å². The Bertz CT molecular complexity index is 531. The third-order valence-electron chi connectivity index (χ3n) is 2.38. The first-order chi connectivity index (χ1) is 9.16. The van der Waals surface area contributed by atoms with Crippen LogP contribution in [0.1, 0.15) is 22.8 Å². The van der Waals surface area contributed by atoms with E-state index in [1.807, 2.05) is 0 Å². The molecule has 0 heterocycles. The lowest BCUT2D eigenvalue weighted by Crippen LogP contribution is -2.40. The van der Waals surface area contributed by atoms with Gasteiger partial charge in [-0.05, 0) is 25.1 Å². The van der Waals surface area contributed by atoms with Gasteiger partial charge in [0.2, 0.25) is 5.91 Å². The molecule has 0 aliphatic rings. The number of primary amides is 1. The zero-order valence-electron chi connectivity index (χ0n) is 10.3. The van der Waals surface area contributed by atoms with Crippen molar-refractivity contribution in [2.45, 2.75) is 19.2 Å². The molecular weight excluding hydrogens is 279 g/mol. The zero-order valence-corrected chi connectivity index (χ0v) is 10.3. The van der Waals surface area contributed by atoms with Crippen LogP contribution in [0.4, 0.5) is 13.2 Å². The monoisotopic (exact) mass is 291 g/mol. The number of rotatable bonds is 4. The van der Waals surface area contributed by atoms with Gasteiger partial charge in [-0.15, -0.1) is 0 Å². The van der Waals surface area contributed by atoms with Crippen molar-refractivity contribution in [2.75, 3.05) is 0 Å². The van der Waals surface area contributed by atoms with Gasteiger partial charge >= 0.3 is 6.18 Å². The van der Waals surface area contributed by atoms with E-state index in [1.54, 1.807) is 5.43 Å². The molecule has 0 fully saturated rings. The molecule has 9 heteroatoms.